The number of hydrogen-bond acceptors (Lipinski definition) is 5. The van der Waals surface area contributed by atoms with Gasteiger partial charge in [0.05, 0.1) is 11.3 Å². The molecule has 0 saturated carbocycles. The van der Waals surface area contributed by atoms with E-state index >= 15 is 0 Å². The van der Waals surface area contributed by atoms with Crippen molar-refractivity contribution in [1.29, 1.82) is 5.26 Å². The molecule has 0 spiro atoms. The summed E-state index contributed by atoms with van der Waals surface area (Å²) in [4.78, 5) is 11.0. The van der Waals surface area contributed by atoms with Crippen molar-refractivity contribution < 1.29 is 32.9 Å². The van der Waals surface area contributed by atoms with Gasteiger partial charge in [0, 0.05) is 18.0 Å². The molecule has 2 rings (SSSR count). The fourth-order valence-electron chi connectivity index (χ4n) is 3.33. The molecule has 2 aromatic rings. The Morgan fingerprint density at radius 2 is 1.97 bits per heavy atom. The molecule has 0 aliphatic carbocycles. The maximum Gasteiger partial charge on any atom is 0.423 e. The molecule has 0 radical (unpaired) electrons. The van der Waals surface area contributed by atoms with Crippen LogP contribution in [0.25, 0.3) is 0 Å². The van der Waals surface area contributed by atoms with E-state index in [4.69, 9.17) is 32.4 Å². The average Bonchev–Trinajstić information content (AvgIpc) is 3.12. The van der Waals surface area contributed by atoms with Crippen LogP contribution in [0.1, 0.15) is 29.8 Å². The lowest BCUT2D eigenvalue weighted by Gasteiger charge is -2.37. The van der Waals surface area contributed by atoms with E-state index < -0.39 is 29.4 Å². The van der Waals surface area contributed by atoms with Gasteiger partial charge in [0.25, 0.3) is 0 Å². The lowest BCUT2D eigenvalue weighted by Crippen LogP contribution is -2.47. The number of allylic oxidation sites excluding steroid dienone is 2. The van der Waals surface area contributed by atoms with Crippen LogP contribution in [0.5, 0.6) is 5.75 Å². The lowest BCUT2D eigenvalue weighted by atomic mass is 9.80. The van der Waals surface area contributed by atoms with Crippen molar-refractivity contribution in [2.45, 2.75) is 24.6 Å². The molecule has 34 heavy (non-hydrogen) atoms. The number of aliphatic hydroxyl groups is 1. The zero-order valence-electron chi connectivity index (χ0n) is 18.1. The van der Waals surface area contributed by atoms with Crippen LogP contribution in [0.15, 0.2) is 66.6 Å². The Morgan fingerprint density at radius 1 is 1.32 bits per heavy atom. The molecule has 1 aromatic carbocycles. The zero-order valence-corrected chi connectivity index (χ0v) is 18.9. The minimum atomic E-state index is -5.10. The first-order valence-corrected chi connectivity index (χ1v) is 10.0. The fraction of sp³-hybridized carbons (Fsp3) is 0.217. The first-order chi connectivity index (χ1) is 15.8. The van der Waals surface area contributed by atoms with Gasteiger partial charge in [-0.1, -0.05) is 37.2 Å². The van der Waals surface area contributed by atoms with Crippen molar-refractivity contribution in [1.82, 2.24) is 4.57 Å². The third-order valence-corrected chi connectivity index (χ3v) is 5.58. The SMILES string of the molecule is C=C/C(=C\C=C(/N)Oc1ccc([C@@H](C)[C@@](O)(c2ccc(C#N)n2C)C(F)(F)F)c(Cl)c1)C(=O)O. The Hall–Kier alpha value is -3.68. The largest absolute Gasteiger partial charge is 0.478 e. The molecular formula is C23H21ClF3N3O4. The normalized spacial score (nSPS) is 15.2. The van der Waals surface area contributed by atoms with Crippen LogP contribution >= 0.6 is 11.6 Å². The first kappa shape index (κ1) is 26.6. The van der Waals surface area contributed by atoms with Crippen LogP contribution < -0.4 is 10.5 Å². The number of nitrogens with two attached hydrogens (primary N) is 1. The van der Waals surface area contributed by atoms with Crippen LogP contribution in [0.3, 0.4) is 0 Å². The van der Waals surface area contributed by atoms with Crippen LogP contribution in [0.4, 0.5) is 13.2 Å². The van der Waals surface area contributed by atoms with E-state index in [0.717, 1.165) is 29.7 Å². The van der Waals surface area contributed by atoms with Crippen molar-refractivity contribution >= 4 is 17.6 Å². The molecule has 11 heteroatoms. The zero-order chi connectivity index (χ0) is 25.8. The molecule has 2 atom stereocenters. The molecule has 0 saturated heterocycles. The van der Waals surface area contributed by atoms with E-state index in [1.165, 1.54) is 37.4 Å². The highest BCUT2D eigenvalue weighted by Crippen LogP contribution is 2.50. The molecule has 180 valence electrons. The molecule has 0 fully saturated rings. The molecule has 0 amide bonds. The molecular weight excluding hydrogens is 475 g/mol. The summed E-state index contributed by atoms with van der Waals surface area (Å²) < 4.78 is 48.8. The number of carboxylic acids is 1. The number of alkyl halides is 3. The van der Waals surface area contributed by atoms with Crippen LogP contribution in [0.2, 0.25) is 5.02 Å². The Kier molecular flexibility index (Phi) is 7.87. The first-order valence-electron chi connectivity index (χ1n) is 9.63. The molecule has 0 aliphatic rings. The molecule has 7 nitrogen and oxygen atoms in total. The summed E-state index contributed by atoms with van der Waals surface area (Å²) in [5.74, 6) is -2.94. The number of aromatic nitrogens is 1. The standard InChI is InChI=1S/C23H21ClF3N3O4/c1-4-14(21(31)32)5-10-20(29)34-16-7-8-17(18(24)11-16)13(2)22(33,23(25,26)27)19-9-6-15(12-28)30(19)3/h4-11,13,33H,1,29H2,2-3H3,(H,31,32)/b14-5+,20-10+/t13-,22-/m1/s1. The van der Waals surface area contributed by atoms with Crippen molar-refractivity contribution in [2.24, 2.45) is 12.8 Å². The summed E-state index contributed by atoms with van der Waals surface area (Å²) in [6.45, 7) is 4.52. The van der Waals surface area contributed by atoms with Gasteiger partial charge < -0.3 is 25.3 Å². The Balaban J connectivity index is 2.43. The Morgan fingerprint density at radius 3 is 2.44 bits per heavy atom. The van der Waals surface area contributed by atoms with Gasteiger partial charge in [0.1, 0.15) is 17.5 Å². The van der Waals surface area contributed by atoms with Crippen molar-refractivity contribution in [2.75, 3.05) is 0 Å². The maximum atomic E-state index is 14.1. The van der Waals surface area contributed by atoms with Crippen LogP contribution in [0, 0.1) is 11.3 Å². The topological polar surface area (TPSA) is 122 Å². The smallest absolute Gasteiger partial charge is 0.423 e. The van der Waals surface area contributed by atoms with E-state index in [9.17, 15) is 23.1 Å². The summed E-state index contributed by atoms with van der Waals surface area (Å²) >= 11 is 6.23. The molecule has 1 heterocycles. The van der Waals surface area contributed by atoms with Crippen molar-refractivity contribution in [3.05, 3.63) is 88.6 Å². The lowest BCUT2D eigenvalue weighted by molar-refractivity contribution is -0.276. The predicted molar refractivity (Wildman–Crippen MR) is 119 cm³/mol. The molecule has 0 bridgehead atoms. The summed E-state index contributed by atoms with van der Waals surface area (Å²) in [5.41, 5.74) is 1.60. The van der Waals surface area contributed by atoms with Gasteiger partial charge in [-0.2, -0.15) is 18.4 Å². The molecule has 4 N–H and O–H groups in total. The fourth-order valence-corrected chi connectivity index (χ4v) is 3.67. The Labute approximate surface area is 198 Å². The number of nitrogens with zero attached hydrogens (tertiary/aromatic N) is 2. The number of carboxylic acid groups (broad SMARTS) is 1. The van der Waals surface area contributed by atoms with E-state index in [2.05, 4.69) is 6.58 Å². The summed E-state index contributed by atoms with van der Waals surface area (Å²) in [6.07, 6.45) is -1.68. The minimum absolute atomic E-state index is 0.0317. The molecule has 1 aromatic heterocycles. The number of ether oxygens (including phenoxy) is 1. The third kappa shape index (κ3) is 5.11. The highest BCUT2D eigenvalue weighted by Gasteiger charge is 2.60. The summed E-state index contributed by atoms with van der Waals surface area (Å²) in [5, 5.41) is 28.8. The second kappa shape index (κ2) is 10.1. The predicted octanol–water partition coefficient (Wildman–Crippen LogP) is 4.48. The van der Waals surface area contributed by atoms with Crippen molar-refractivity contribution in [3.8, 4) is 11.8 Å². The van der Waals surface area contributed by atoms with E-state index in [1.807, 2.05) is 0 Å². The number of benzene rings is 1. The average molecular weight is 496 g/mol. The second-order valence-electron chi connectivity index (χ2n) is 7.25. The highest BCUT2D eigenvalue weighted by molar-refractivity contribution is 6.31. The van der Waals surface area contributed by atoms with E-state index in [0.29, 0.717) is 0 Å². The monoisotopic (exact) mass is 495 g/mol. The number of aliphatic carboxylic acids is 1. The minimum Gasteiger partial charge on any atom is -0.478 e. The van der Waals surface area contributed by atoms with Gasteiger partial charge in [-0.3, -0.25) is 0 Å². The van der Waals surface area contributed by atoms with Gasteiger partial charge in [0.15, 0.2) is 5.88 Å². The molecule has 0 unspecified atom stereocenters. The van der Waals surface area contributed by atoms with Gasteiger partial charge in [-0.25, -0.2) is 4.79 Å². The van der Waals surface area contributed by atoms with E-state index in [1.54, 1.807) is 6.07 Å². The number of rotatable bonds is 8. The quantitative estimate of drug-likeness (QED) is 0.282. The number of nitriles is 1. The third-order valence-electron chi connectivity index (χ3n) is 5.25. The molecule has 0 aliphatic heterocycles. The summed E-state index contributed by atoms with van der Waals surface area (Å²) in [7, 11) is 1.25. The number of carbonyl (C=O) groups is 1. The van der Waals surface area contributed by atoms with Gasteiger partial charge >= 0.3 is 12.1 Å². The number of halogens is 4. The van der Waals surface area contributed by atoms with E-state index in [-0.39, 0.29) is 33.5 Å². The number of hydrogen-bond donors (Lipinski definition) is 3. The van der Waals surface area contributed by atoms with Gasteiger partial charge in [0.2, 0.25) is 5.60 Å². The second-order valence-corrected chi connectivity index (χ2v) is 7.65. The highest BCUT2D eigenvalue weighted by atomic mass is 35.5. The Bertz CT molecular complexity index is 1210. The van der Waals surface area contributed by atoms with Crippen LogP contribution in [-0.2, 0) is 17.4 Å². The van der Waals surface area contributed by atoms with Crippen molar-refractivity contribution in [3.63, 3.8) is 0 Å². The van der Waals surface area contributed by atoms with Gasteiger partial charge in [-0.05, 0) is 42.0 Å². The summed E-state index contributed by atoms with van der Waals surface area (Å²) in [6, 6.07) is 7.76. The van der Waals surface area contributed by atoms with Gasteiger partial charge in [-0.15, -0.1) is 0 Å². The van der Waals surface area contributed by atoms with Crippen LogP contribution in [-0.4, -0.2) is 26.9 Å². The maximum absolute atomic E-state index is 14.1.